The number of thiophene rings is 2. The van der Waals surface area contributed by atoms with Crippen LogP contribution < -0.4 is 0 Å². The van der Waals surface area contributed by atoms with Gasteiger partial charge in [0.15, 0.2) is 5.65 Å². The maximum Gasteiger partial charge on any atom is 0.156 e. The van der Waals surface area contributed by atoms with Crippen LogP contribution in [0.2, 0.25) is 0 Å². The van der Waals surface area contributed by atoms with E-state index in [-0.39, 0.29) is 0 Å². The zero-order valence-corrected chi connectivity index (χ0v) is 31.2. The minimum Gasteiger partial charge on any atom is -0.291 e. The molecule has 0 N–H and O–H groups in total. The van der Waals surface area contributed by atoms with E-state index < -0.39 is 0 Å². The molecule has 0 saturated carbocycles. The molecule has 0 aliphatic rings. The molecule has 0 aliphatic heterocycles. The maximum atomic E-state index is 5.17. The Labute approximate surface area is 324 Å². The van der Waals surface area contributed by atoms with Gasteiger partial charge in [0.05, 0.1) is 21.4 Å². The molecule has 256 valence electrons. The van der Waals surface area contributed by atoms with Crippen LogP contribution in [0.25, 0.3) is 112 Å². The molecule has 0 spiro atoms. The van der Waals surface area contributed by atoms with E-state index in [0.717, 1.165) is 22.4 Å². The first-order chi connectivity index (χ1) is 27.2. The molecule has 4 aromatic heterocycles. The summed E-state index contributed by atoms with van der Waals surface area (Å²) in [5.74, 6) is 0. The molecule has 0 atom stereocenters. The number of fused-ring (bicyclic) bond motifs is 11. The van der Waals surface area contributed by atoms with Crippen molar-refractivity contribution in [1.82, 2.24) is 9.38 Å². The molecule has 8 aromatic carbocycles. The highest BCUT2D eigenvalue weighted by Gasteiger charge is 2.18. The van der Waals surface area contributed by atoms with Crippen LogP contribution in [0.1, 0.15) is 0 Å². The van der Waals surface area contributed by atoms with Gasteiger partial charge in [0.2, 0.25) is 0 Å². The number of para-hydroxylation sites is 2. The second-order valence-corrected chi connectivity index (χ2v) is 16.4. The van der Waals surface area contributed by atoms with Crippen molar-refractivity contribution in [3.8, 4) is 44.6 Å². The van der Waals surface area contributed by atoms with Crippen molar-refractivity contribution < 1.29 is 0 Å². The highest BCUT2D eigenvalue weighted by molar-refractivity contribution is 7.26. The predicted octanol–water partition coefficient (Wildman–Crippen LogP) is 15.0. The number of rotatable bonds is 4. The predicted molar refractivity (Wildman–Crippen MR) is 238 cm³/mol. The zero-order valence-electron chi connectivity index (χ0n) is 29.5. The SMILES string of the molecule is c1ccc2c(c1)nc1c3sc4ccccc4c3cc(-c3ccc(-c4ccc(-c5ccc(-c6ccc7c(c6)sc6ccccc67)cc5)c5ccccc45)cc3)n21. The van der Waals surface area contributed by atoms with E-state index in [1.807, 2.05) is 22.7 Å². The summed E-state index contributed by atoms with van der Waals surface area (Å²) in [6.45, 7) is 0. The lowest BCUT2D eigenvalue weighted by Gasteiger charge is -2.14. The summed E-state index contributed by atoms with van der Waals surface area (Å²) >= 11 is 3.70. The van der Waals surface area contributed by atoms with Gasteiger partial charge in [0.25, 0.3) is 0 Å². The topological polar surface area (TPSA) is 17.3 Å². The Balaban J connectivity index is 0.927. The molecule has 0 saturated heterocycles. The summed E-state index contributed by atoms with van der Waals surface area (Å²) in [5.41, 5.74) is 12.9. The van der Waals surface area contributed by atoms with E-state index in [0.29, 0.717) is 0 Å². The summed E-state index contributed by atoms with van der Waals surface area (Å²) in [6.07, 6.45) is 0. The van der Waals surface area contributed by atoms with Gasteiger partial charge in [-0.05, 0) is 86.1 Å². The highest BCUT2D eigenvalue weighted by atomic mass is 32.1. The molecule has 12 aromatic rings. The fourth-order valence-electron chi connectivity index (χ4n) is 8.58. The number of pyridine rings is 1. The Hall–Kier alpha value is -6.59. The van der Waals surface area contributed by atoms with Gasteiger partial charge < -0.3 is 0 Å². The van der Waals surface area contributed by atoms with Gasteiger partial charge in [-0.3, -0.25) is 4.40 Å². The molecule has 0 fully saturated rings. The van der Waals surface area contributed by atoms with Crippen molar-refractivity contribution in [2.45, 2.75) is 0 Å². The van der Waals surface area contributed by atoms with Crippen molar-refractivity contribution >= 4 is 90.5 Å². The first-order valence-electron chi connectivity index (χ1n) is 18.6. The molecule has 4 heterocycles. The van der Waals surface area contributed by atoms with E-state index in [1.54, 1.807) is 0 Å². The van der Waals surface area contributed by atoms with E-state index in [2.05, 4.69) is 186 Å². The van der Waals surface area contributed by atoms with Crippen LogP contribution in [0.15, 0.2) is 182 Å². The third-order valence-electron chi connectivity index (χ3n) is 11.2. The molecule has 0 radical (unpaired) electrons. The Kier molecular flexibility index (Phi) is 6.70. The third-order valence-corrected chi connectivity index (χ3v) is 13.6. The largest absolute Gasteiger partial charge is 0.291 e. The van der Waals surface area contributed by atoms with Gasteiger partial charge in [-0.25, -0.2) is 4.98 Å². The Morgan fingerprint density at radius 1 is 0.364 bits per heavy atom. The smallest absolute Gasteiger partial charge is 0.156 e. The molecule has 0 bridgehead atoms. The Bertz CT molecular complexity index is 3470. The van der Waals surface area contributed by atoms with E-state index in [4.69, 9.17) is 4.98 Å². The number of nitrogens with zero attached hydrogens (tertiary/aromatic N) is 2. The van der Waals surface area contributed by atoms with Gasteiger partial charge in [0.1, 0.15) is 0 Å². The fraction of sp³-hybridized carbons (Fsp3) is 0. The van der Waals surface area contributed by atoms with Gasteiger partial charge in [0, 0.05) is 35.6 Å². The average Bonchev–Trinajstić information content (AvgIpc) is 3.94. The lowest BCUT2D eigenvalue weighted by atomic mass is 9.91. The van der Waals surface area contributed by atoms with E-state index >= 15 is 0 Å². The van der Waals surface area contributed by atoms with Gasteiger partial charge >= 0.3 is 0 Å². The lowest BCUT2D eigenvalue weighted by Crippen LogP contribution is -1.93. The van der Waals surface area contributed by atoms with Crippen molar-refractivity contribution in [2.24, 2.45) is 0 Å². The third kappa shape index (κ3) is 4.75. The first-order valence-corrected chi connectivity index (χ1v) is 20.2. The van der Waals surface area contributed by atoms with Gasteiger partial charge in [-0.15, -0.1) is 22.7 Å². The molecule has 12 rings (SSSR count). The van der Waals surface area contributed by atoms with Gasteiger partial charge in [-0.2, -0.15) is 0 Å². The lowest BCUT2D eigenvalue weighted by molar-refractivity contribution is 1.25. The van der Waals surface area contributed by atoms with Crippen LogP contribution in [0.3, 0.4) is 0 Å². The standard InChI is InChI=1S/C51H30N2S2/c1-2-10-39-37(28-27-36(38(39)9-1)32-19-17-31(18-20-32)35-25-26-42-40-11-3-7-15-47(40)54-49(42)29-35)33-21-23-34(24-22-33)46-30-43-41-12-4-8-16-48(41)55-50(43)51-52-44-13-5-6-14-45(44)53(46)51/h1-30H. The second kappa shape index (κ2) is 12.0. The molecule has 2 nitrogen and oxygen atoms in total. The van der Waals surface area contributed by atoms with E-state index in [1.165, 1.54) is 90.1 Å². The number of aromatic nitrogens is 2. The Morgan fingerprint density at radius 3 is 1.60 bits per heavy atom. The summed E-state index contributed by atoms with van der Waals surface area (Å²) in [6, 6.07) is 66.7. The minimum atomic E-state index is 1.01. The average molecular weight is 735 g/mol. The molecule has 4 heteroatoms. The number of imidazole rings is 1. The molecular formula is C51H30N2S2. The number of hydrogen-bond donors (Lipinski definition) is 0. The van der Waals surface area contributed by atoms with Crippen LogP contribution in [-0.2, 0) is 0 Å². The van der Waals surface area contributed by atoms with Crippen molar-refractivity contribution in [3.63, 3.8) is 0 Å². The molecule has 55 heavy (non-hydrogen) atoms. The molecular weight excluding hydrogens is 705 g/mol. The van der Waals surface area contributed by atoms with Crippen LogP contribution in [0.5, 0.6) is 0 Å². The maximum absolute atomic E-state index is 5.17. The molecule has 0 aliphatic carbocycles. The van der Waals surface area contributed by atoms with Crippen LogP contribution >= 0.6 is 22.7 Å². The van der Waals surface area contributed by atoms with E-state index in [9.17, 15) is 0 Å². The molecule has 0 unspecified atom stereocenters. The molecule has 0 amide bonds. The minimum absolute atomic E-state index is 1.01. The van der Waals surface area contributed by atoms with Crippen molar-refractivity contribution in [2.75, 3.05) is 0 Å². The highest BCUT2D eigenvalue weighted by Crippen LogP contribution is 2.42. The van der Waals surface area contributed by atoms with Gasteiger partial charge in [-0.1, -0.05) is 146 Å². The quantitative estimate of drug-likeness (QED) is 0.176. The summed E-state index contributed by atoms with van der Waals surface area (Å²) in [7, 11) is 0. The normalized spacial score (nSPS) is 12.0. The van der Waals surface area contributed by atoms with Crippen molar-refractivity contribution in [3.05, 3.63) is 182 Å². The fourth-order valence-corrected chi connectivity index (χ4v) is 10.9. The first kappa shape index (κ1) is 30.8. The van der Waals surface area contributed by atoms with Crippen LogP contribution in [0, 0.1) is 0 Å². The summed E-state index contributed by atoms with van der Waals surface area (Å²) < 4.78 is 7.53. The summed E-state index contributed by atoms with van der Waals surface area (Å²) in [4.78, 5) is 5.17. The Morgan fingerprint density at radius 2 is 0.891 bits per heavy atom. The number of benzene rings is 8. The monoisotopic (exact) mass is 734 g/mol. The summed E-state index contributed by atoms with van der Waals surface area (Å²) in [5, 5.41) is 7.72. The van der Waals surface area contributed by atoms with Crippen molar-refractivity contribution in [1.29, 1.82) is 0 Å². The van der Waals surface area contributed by atoms with Crippen LogP contribution in [0.4, 0.5) is 0 Å². The second-order valence-electron chi connectivity index (χ2n) is 14.3. The zero-order chi connectivity index (χ0) is 36.0. The van der Waals surface area contributed by atoms with Crippen LogP contribution in [-0.4, -0.2) is 9.38 Å². The number of hydrogen-bond acceptors (Lipinski definition) is 3.